The molecule has 1 aromatic carbocycles. The zero-order chi connectivity index (χ0) is 18.3. The van der Waals surface area contributed by atoms with Crippen molar-refractivity contribution in [2.45, 2.75) is 26.8 Å². The summed E-state index contributed by atoms with van der Waals surface area (Å²) in [5.74, 6) is 1.12. The fourth-order valence-corrected chi connectivity index (χ4v) is 4.14. The van der Waals surface area contributed by atoms with Gasteiger partial charge in [0.15, 0.2) is 0 Å². The summed E-state index contributed by atoms with van der Waals surface area (Å²) in [6.45, 7) is 8.51. The molecule has 26 heavy (non-hydrogen) atoms. The number of hydrogen-bond donors (Lipinski definition) is 0. The molecule has 1 amide bonds. The number of aromatic nitrogens is 2. The molecule has 0 aliphatic carbocycles. The Hall–Kier alpha value is -2.50. The highest BCUT2D eigenvalue weighted by Crippen LogP contribution is 2.42. The van der Waals surface area contributed by atoms with E-state index in [0.717, 1.165) is 43.3 Å². The first kappa shape index (κ1) is 16.9. The quantitative estimate of drug-likeness (QED) is 0.826. The smallest absolute Gasteiger partial charge is 0.224 e. The van der Waals surface area contributed by atoms with Crippen molar-refractivity contribution in [2.24, 2.45) is 5.41 Å². The van der Waals surface area contributed by atoms with E-state index in [4.69, 9.17) is 4.74 Å². The molecular weight excluding hydrogens is 328 g/mol. The Morgan fingerprint density at radius 3 is 2.42 bits per heavy atom. The monoisotopic (exact) mass is 354 g/mol. The number of nitrogens with zero attached hydrogens (tertiary/aromatic N) is 4. The Morgan fingerprint density at radius 2 is 1.85 bits per heavy atom. The second-order valence-electron chi connectivity index (χ2n) is 7.70. The first-order valence-corrected chi connectivity index (χ1v) is 9.16. The number of anilines is 1. The van der Waals surface area contributed by atoms with E-state index in [2.05, 4.69) is 22.1 Å². The van der Waals surface area contributed by atoms with E-state index in [0.29, 0.717) is 18.4 Å². The number of carbonyl (C=O) groups is 1. The normalized spacial score (nSPS) is 17.8. The SMILES string of the molecule is COc1ccc(N2CC3(CN(C(=O)CCn4nc(C)cc4C)C3)C2)cc1. The lowest BCUT2D eigenvalue weighted by Gasteiger charge is -2.61. The van der Waals surface area contributed by atoms with Crippen molar-refractivity contribution in [1.29, 1.82) is 0 Å². The molecule has 2 fully saturated rings. The van der Waals surface area contributed by atoms with Crippen LogP contribution < -0.4 is 9.64 Å². The molecule has 6 heteroatoms. The van der Waals surface area contributed by atoms with E-state index >= 15 is 0 Å². The van der Waals surface area contributed by atoms with Crippen molar-refractivity contribution >= 4 is 11.6 Å². The molecule has 0 bridgehead atoms. The van der Waals surface area contributed by atoms with Crippen molar-refractivity contribution in [3.63, 3.8) is 0 Å². The number of methoxy groups -OCH3 is 1. The molecule has 138 valence electrons. The van der Waals surface area contributed by atoms with Gasteiger partial charge in [-0.25, -0.2) is 0 Å². The fraction of sp³-hybridized carbons (Fsp3) is 0.500. The van der Waals surface area contributed by atoms with Crippen LogP contribution >= 0.6 is 0 Å². The number of carbonyl (C=O) groups excluding carboxylic acids is 1. The van der Waals surface area contributed by atoms with Crippen LogP contribution in [0.25, 0.3) is 0 Å². The van der Waals surface area contributed by atoms with Crippen LogP contribution in [0, 0.1) is 19.3 Å². The van der Waals surface area contributed by atoms with Gasteiger partial charge in [-0.15, -0.1) is 0 Å². The third-order valence-electron chi connectivity index (χ3n) is 5.54. The fourth-order valence-electron chi connectivity index (χ4n) is 4.14. The summed E-state index contributed by atoms with van der Waals surface area (Å²) in [5.41, 5.74) is 3.65. The lowest BCUT2D eigenvalue weighted by Crippen LogP contribution is -2.73. The van der Waals surface area contributed by atoms with Crippen LogP contribution in [0.4, 0.5) is 5.69 Å². The van der Waals surface area contributed by atoms with Gasteiger partial charge in [0, 0.05) is 55.9 Å². The van der Waals surface area contributed by atoms with Crippen LogP contribution in [0.3, 0.4) is 0 Å². The van der Waals surface area contributed by atoms with Crippen LogP contribution in [-0.2, 0) is 11.3 Å². The molecule has 0 unspecified atom stereocenters. The number of likely N-dealkylation sites (tertiary alicyclic amines) is 1. The Bertz CT molecular complexity index is 798. The van der Waals surface area contributed by atoms with Crippen molar-refractivity contribution in [1.82, 2.24) is 14.7 Å². The van der Waals surface area contributed by atoms with Crippen molar-refractivity contribution in [2.75, 3.05) is 38.2 Å². The third kappa shape index (κ3) is 3.04. The average molecular weight is 354 g/mol. The molecule has 2 aliphatic rings. The summed E-state index contributed by atoms with van der Waals surface area (Å²) in [5, 5.41) is 4.43. The summed E-state index contributed by atoms with van der Waals surface area (Å²) >= 11 is 0. The van der Waals surface area contributed by atoms with E-state index < -0.39 is 0 Å². The molecule has 0 saturated carbocycles. The predicted octanol–water partition coefficient (Wildman–Crippen LogP) is 2.25. The van der Waals surface area contributed by atoms with E-state index in [1.165, 1.54) is 5.69 Å². The summed E-state index contributed by atoms with van der Waals surface area (Å²) in [7, 11) is 1.68. The molecule has 0 N–H and O–H groups in total. The lowest BCUT2D eigenvalue weighted by molar-refractivity contribution is -0.145. The molecule has 1 aromatic heterocycles. The highest BCUT2D eigenvalue weighted by atomic mass is 16.5. The minimum atomic E-state index is 0.242. The van der Waals surface area contributed by atoms with Gasteiger partial charge in [-0.2, -0.15) is 5.10 Å². The highest BCUT2D eigenvalue weighted by molar-refractivity contribution is 5.77. The number of aryl methyl sites for hydroxylation is 3. The van der Waals surface area contributed by atoms with E-state index in [9.17, 15) is 4.79 Å². The Labute approximate surface area is 154 Å². The Kier molecular flexibility index (Phi) is 4.13. The van der Waals surface area contributed by atoms with Gasteiger partial charge in [0.1, 0.15) is 5.75 Å². The van der Waals surface area contributed by atoms with Gasteiger partial charge >= 0.3 is 0 Å². The molecule has 0 atom stereocenters. The van der Waals surface area contributed by atoms with E-state index in [1.807, 2.05) is 41.6 Å². The Balaban J connectivity index is 1.24. The summed E-state index contributed by atoms with van der Waals surface area (Å²) in [6.07, 6.45) is 0.528. The topological polar surface area (TPSA) is 50.6 Å². The molecule has 2 aromatic rings. The third-order valence-corrected chi connectivity index (χ3v) is 5.54. The molecular formula is C20H26N4O2. The highest BCUT2D eigenvalue weighted by Gasteiger charge is 2.52. The van der Waals surface area contributed by atoms with Crippen LogP contribution in [0.2, 0.25) is 0 Å². The molecule has 4 rings (SSSR count). The molecule has 6 nitrogen and oxygen atoms in total. The van der Waals surface area contributed by atoms with Crippen LogP contribution in [0.15, 0.2) is 30.3 Å². The summed E-state index contributed by atoms with van der Waals surface area (Å²) in [4.78, 5) is 16.8. The second kappa shape index (κ2) is 6.34. The van der Waals surface area contributed by atoms with Gasteiger partial charge in [-0.05, 0) is 44.2 Å². The first-order valence-electron chi connectivity index (χ1n) is 9.16. The van der Waals surface area contributed by atoms with Crippen LogP contribution in [0.1, 0.15) is 17.8 Å². The first-order chi connectivity index (χ1) is 12.5. The standard InChI is InChI=1S/C20H26N4O2/c1-15-10-16(2)24(21-15)9-8-19(25)23-13-20(14-23)11-22(12-20)17-4-6-18(26-3)7-5-17/h4-7,10H,8-9,11-14H2,1-3H3. The van der Waals surface area contributed by atoms with Gasteiger partial charge < -0.3 is 14.5 Å². The zero-order valence-electron chi connectivity index (χ0n) is 15.7. The van der Waals surface area contributed by atoms with Crippen molar-refractivity contribution < 1.29 is 9.53 Å². The van der Waals surface area contributed by atoms with Gasteiger partial charge in [0.2, 0.25) is 5.91 Å². The summed E-state index contributed by atoms with van der Waals surface area (Å²) in [6, 6.07) is 10.2. The van der Waals surface area contributed by atoms with E-state index in [-0.39, 0.29) is 5.91 Å². The van der Waals surface area contributed by atoms with Gasteiger partial charge in [-0.1, -0.05) is 0 Å². The zero-order valence-corrected chi connectivity index (χ0v) is 15.7. The number of rotatable bonds is 5. The maximum Gasteiger partial charge on any atom is 0.224 e. The predicted molar refractivity (Wildman–Crippen MR) is 101 cm³/mol. The number of hydrogen-bond acceptors (Lipinski definition) is 4. The second-order valence-corrected chi connectivity index (χ2v) is 7.70. The van der Waals surface area contributed by atoms with Gasteiger partial charge in [-0.3, -0.25) is 9.48 Å². The molecule has 3 heterocycles. The summed E-state index contributed by atoms with van der Waals surface area (Å²) < 4.78 is 7.14. The molecule has 2 aliphatic heterocycles. The number of ether oxygens (including phenoxy) is 1. The van der Waals surface area contributed by atoms with E-state index in [1.54, 1.807) is 7.11 Å². The molecule has 0 radical (unpaired) electrons. The maximum absolute atomic E-state index is 12.4. The van der Waals surface area contributed by atoms with Crippen LogP contribution in [0.5, 0.6) is 5.75 Å². The van der Waals surface area contributed by atoms with Gasteiger partial charge in [0.25, 0.3) is 0 Å². The Morgan fingerprint density at radius 1 is 1.15 bits per heavy atom. The maximum atomic E-state index is 12.4. The minimum Gasteiger partial charge on any atom is -0.497 e. The number of benzene rings is 1. The van der Waals surface area contributed by atoms with Crippen molar-refractivity contribution in [3.8, 4) is 5.75 Å². The largest absolute Gasteiger partial charge is 0.497 e. The lowest BCUT2D eigenvalue weighted by atomic mass is 9.72. The van der Waals surface area contributed by atoms with Gasteiger partial charge in [0.05, 0.1) is 12.8 Å². The minimum absolute atomic E-state index is 0.242. The molecule has 2 saturated heterocycles. The van der Waals surface area contributed by atoms with Crippen molar-refractivity contribution in [3.05, 3.63) is 41.7 Å². The average Bonchev–Trinajstić information content (AvgIpc) is 2.88. The number of amides is 1. The van der Waals surface area contributed by atoms with Crippen LogP contribution in [-0.4, -0.2) is 53.9 Å². The molecule has 1 spiro atoms.